The molecule has 0 spiro atoms. The standard InChI is InChI=1S/C5H6N2O2.CHNO/c8-4-6-2-1-3-7-5-9;2-1-3/h1-3H2;2H. The summed E-state index contributed by atoms with van der Waals surface area (Å²) in [6.45, 7) is 0.767. The molecule has 6 nitrogen and oxygen atoms in total. The lowest BCUT2D eigenvalue weighted by molar-refractivity contribution is 0.560. The Morgan fingerprint density at radius 2 is 1.33 bits per heavy atom. The van der Waals surface area contributed by atoms with Crippen LogP contribution in [-0.4, -0.2) is 31.3 Å². The van der Waals surface area contributed by atoms with E-state index < -0.39 is 0 Å². The molecule has 0 aliphatic rings. The van der Waals surface area contributed by atoms with Crippen LogP contribution in [0.2, 0.25) is 0 Å². The van der Waals surface area contributed by atoms with Crippen LogP contribution in [0.25, 0.3) is 0 Å². The Balaban J connectivity index is 0. The van der Waals surface area contributed by atoms with Crippen LogP contribution < -0.4 is 0 Å². The van der Waals surface area contributed by atoms with Crippen molar-refractivity contribution in [1.29, 1.82) is 5.41 Å². The summed E-state index contributed by atoms with van der Waals surface area (Å²) in [5, 5.41) is 5.40. The van der Waals surface area contributed by atoms with Crippen molar-refractivity contribution < 1.29 is 14.4 Å². The zero-order chi connectivity index (χ0) is 9.66. The van der Waals surface area contributed by atoms with Gasteiger partial charge < -0.3 is 0 Å². The summed E-state index contributed by atoms with van der Waals surface area (Å²) in [4.78, 5) is 33.7. The Bertz CT molecular complexity index is 202. The number of carbonyl (C=O) groups excluding carboxylic acids is 3. The average molecular weight is 169 g/mol. The predicted octanol–water partition coefficient (Wildman–Crippen LogP) is -0.0509. The highest BCUT2D eigenvalue weighted by molar-refractivity contribution is 5.33. The first-order valence-corrected chi connectivity index (χ1v) is 2.94. The molecule has 1 N–H and O–H groups in total. The number of hydrogen-bond donors (Lipinski definition) is 1. The summed E-state index contributed by atoms with van der Waals surface area (Å²) in [6, 6.07) is 0. The fourth-order valence-corrected chi connectivity index (χ4v) is 0.320. The van der Waals surface area contributed by atoms with Crippen molar-refractivity contribution in [3.05, 3.63) is 0 Å². The fourth-order valence-electron chi connectivity index (χ4n) is 0.320. The quantitative estimate of drug-likeness (QED) is 0.362. The molecule has 0 bridgehead atoms. The minimum Gasteiger partial charge on any atom is -0.222 e. The van der Waals surface area contributed by atoms with Gasteiger partial charge in [-0.25, -0.2) is 29.8 Å². The number of nitrogens with zero attached hydrogens (tertiary/aromatic N) is 2. The van der Waals surface area contributed by atoms with Gasteiger partial charge in [0.2, 0.25) is 18.2 Å². The van der Waals surface area contributed by atoms with Crippen molar-refractivity contribution in [2.75, 3.05) is 13.1 Å². The monoisotopic (exact) mass is 169 g/mol. The molecule has 12 heavy (non-hydrogen) atoms. The molecular weight excluding hydrogens is 162 g/mol. The minimum absolute atomic E-state index is 0.384. The highest BCUT2D eigenvalue weighted by atomic mass is 16.1. The number of aliphatic imine (C=N–C) groups is 2. The smallest absolute Gasteiger partial charge is 0.222 e. The summed E-state index contributed by atoms with van der Waals surface area (Å²) < 4.78 is 0. The van der Waals surface area contributed by atoms with Gasteiger partial charge >= 0.3 is 0 Å². The Kier molecular flexibility index (Phi) is 17.1. The van der Waals surface area contributed by atoms with E-state index in [1.54, 1.807) is 0 Å². The predicted molar refractivity (Wildman–Crippen MR) is 39.0 cm³/mol. The van der Waals surface area contributed by atoms with E-state index in [4.69, 9.17) is 10.2 Å². The van der Waals surface area contributed by atoms with Crippen LogP contribution in [0.5, 0.6) is 0 Å². The zero-order valence-corrected chi connectivity index (χ0v) is 6.24. The summed E-state index contributed by atoms with van der Waals surface area (Å²) in [6.07, 6.45) is 4.11. The van der Waals surface area contributed by atoms with E-state index in [2.05, 4.69) is 9.98 Å². The molecule has 6 heteroatoms. The van der Waals surface area contributed by atoms with E-state index >= 15 is 0 Å². The lowest BCUT2D eigenvalue weighted by atomic mass is 10.4. The van der Waals surface area contributed by atoms with E-state index in [-0.39, 0.29) is 0 Å². The molecule has 0 radical (unpaired) electrons. The van der Waals surface area contributed by atoms with Gasteiger partial charge in [-0.1, -0.05) is 0 Å². The number of hydrogen-bond acceptors (Lipinski definition) is 6. The Labute approximate surface area is 68.5 Å². The van der Waals surface area contributed by atoms with Crippen LogP contribution in [0.3, 0.4) is 0 Å². The molecule has 0 aliphatic carbocycles. The lowest BCUT2D eigenvalue weighted by Crippen LogP contribution is -1.83. The fraction of sp³-hybridized carbons (Fsp3) is 0.500. The summed E-state index contributed by atoms with van der Waals surface area (Å²) >= 11 is 0. The average Bonchev–Trinajstić information content (AvgIpc) is 2.06. The van der Waals surface area contributed by atoms with Gasteiger partial charge in [0.1, 0.15) is 0 Å². The van der Waals surface area contributed by atoms with E-state index in [0.717, 1.165) is 6.08 Å². The molecule has 0 heterocycles. The normalized spacial score (nSPS) is 6.00. The van der Waals surface area contributed by atoms with Gasteiger partial charge in [-0.3, -0.25) is 0 Å². The number of rotatable bonds is 4. The SMILES string of the molecule is N=C=O.O=C=NCCCN=C=O. The van der Waals surface area contributed by atoms with Crippen molar-refractivity contribution >= 4 is 18.2 Å². The summed E-state index contributed by atoms with van der Waals surface area (Å²) in [7, 11) is 0. The van der Waals surface area contributed by atoms with Crippen LogP contribution in [0, 0.1) is 5.41 Å². The van der Waals surface area contributed by atoms with Gasteiger partial charge in [0.15, 0.2) is 0 Å². The Morgan fingerprint density at radius 1 is 1.00 bits per heavy atom. The van der Waals surface area contributed by atoms with E-state index in [1.165, 1.54) is 12.2 Å². The van der Waals surface area contributed by atoms with Crippen molar-refractivity contribution in [2.24, 2.45) is 9.98 Å². The maximum absolute atomic E-state index is 9.44. The molecule has 0 aromatic carbocycles. The van der Waals surface area contributed by atoms with Crippen LogP contribution in [0.15, 0.2) is 9.98 Å². The molecule has 0 saturated carbocycles. The molecule has 0 aromatic rings. The first-order valence-electron chi connectivity index (χ1n) is 2.94. The van der Waals surface area contributed by atoms with Crippen LogP contribution in [0.1, 0.15) is 6.42 Å². The third-order valence-corrected chi connectivity index (χ3v) is 0.669. The zero-order valence-electron chi connectivity index (χ0n) is 6.24. The summed E-state index contributed by atoms with van der Waals surface area (Å²) in [5.41, 5.74) is 0. The second-order valence-corrected chi connectivity index (χ2v) is 1.40. The van der Waals surface area contributed by atoms with E-state index in [9.17, 15) is 9.59 Å². The molecule has 0 atom stereocenters. The minimum atomic E-state index is 0.384. The third kappa shape index (κ3) is 24.2. The first kappa shape index (κ1) is 12.8. The highest BCUT2D eigenvalue weighted by Gasteiger charge is 1.79. The molecule has 64 valence electrons. The van der Waals surface area contributed by atoms with Crippen LogP contribution >= 0.6 is 0 Å². The van der Waals surface area contributed by atoms with Crippen LogP contribution in [-0.2, 0) is 14.4 Å². The van der Waals surface area contributed by atoms with Gasteiger partial charge in [-0.05, 0) is 6.42 Å². The van der Waals surface area contributed by atoms with Crippen molar-refractivity contribution in [3.63, 3.8) is 0 Å². The summed E-state index contributed by atoms with van der Waals surface area (Å²) in [5.74, 6) is 0. The van der Waals surface area contributed by atoms with E-state index in [0.29, 0.717) is 19.5 Å². The molecule has 0 rings (SSSR count). The molecule has 0 saturated heterocycles. The second kappa shape index (κ2) is 16.1. The second-order valence-electron chi connectivity index (χ2n) is 1.40. The maximum atomic E-state index is 9.44. The number of isocyanates is 3. The van der Waals surface area contributed by atoms with Gasteiger partial charge in [-0.15, -0.1) is 0 Å². The van der Waals surface area contributed by atoms with Crippen molar-refractivity contribution in [3.8, 4) is 0 Å². The first-order chi connectivity index (χ1) is 5.83. The molecule has 0 amide bonds. The molecule has 0 aliphatic heterocycles. The highest BCUT2D eigenvalue weighted by Crippen LogP contribution is 1.78. The molecule has 0 fully saturated rings. The maximum Gasteiger partial charge on any atom is 0.234 e. The van der Waals surface area contributed by atoms with Crippen LogP contribution in [0.4, 0.5) is 0 Å². The van der Waals surface area contributed by atoms with Gasteiger partial charge in [-0.2, -0.15) is 0 Å². The molecule has 0 aromatic heterocycles. The largest absolute Gasteiger partial charge is 0.234 e. The Morgan fingerprint density at radius 3 is 1.58 bits per heavy atom. The van der Waals surface area contributed by atoms with Crippen molar-refractivity contribution in [1.82, 2.24) is 0 Å². The van der Waals surface area contributed by atoms with Gasteiger partial charge in [0.25, 0.3) is 0 Å². The van der Waals surface area contributed by atoms with Gasteiger partial charge in [0.05, 0.1) is 13.1 Å². The topological polar surface area (TPSA) is 99.8 Å². The molecular formula is C6H7N3O3. The van der Waals surface area contributed by atoms with Gasteiger partial charge in [0, 0.05) is 0 Å². The lowest BCUT2D eigenvalue weighted by Gasteiger charge is -1.81. The number of nitrogens with one attached hydrogen (secondary N) is 1. The third-order valence-electron chi connectivity index (χ3n) is 0.669. The molecule has 0 unspecified atom stereocenters. The Hall–Kier alpha value is -1.86. The van der Waals surface area contributed by atoms with Crippen molar-refractivity contribution in [2.45, 2.75) is 6.42 Å². The van der Waals surface area contributed by atoms with E-state index in [1.807, 2.05) is 0 Å².